The number of nitrogens with one attached hydrogen (secondary N) is 2. The van der Waals surface area contributed by atoms with Crippen LogP contribution in [0, 0.1) is 11.8 Å². The SMILES string of the molecule is CC(C)C[C@@H](C(=O)N[C@@H](Cc1ccc(NS(=O)(=O)O)cc1)c1csc(-c2cccs2)n1)C(=O)OC(C)(C)C. The molecular weight excluding hydrogens is 547 g/mol. The van der Waals surface area contributed by atoms with Crippen molar-refractivity contribution in [3.8, 4) is 9.88 Å². The summed E-state index contributed by atoms with van der Waals surface area (Å²) in [5.41, 5.74) is 0.917. The molecule has 2 aromatic heterocycles. The average molecular weight is 580 g/mol. The Hall–Kier alpha value is -2.80. The van der Waals surface area contributed by atoms with Gasteiger partial charge in [0.2, 0.25) is 5.91 Å². The molecule has 12 heteroatoms. The summed E-state index contributed by atoms with van der Waals surface area (Å²) < 4.78 is 38.8. The minimum absolute atomic E-state index is 0.0873. The van der Waals surface area contributed by atoms with Crippen molar-refractivity contribution in [2.24, 2.45) is 11.8 Å². The van der Waals surface area contributed by atoms with Crippen LogP contribution in [-0.2, 0) is 31.1 Å². The maximum Gasteiger partial charge on any atom is 0.357 e. The summed E-state index contributed by atoms with van der Waals surface area (Å²) in [7, 11) is -4.39. The topological polar surface area (TPSA) is 135 Å². The Bertz CT molecular complexity index is 1330. The highest BCUT2D eigenvalue weighted by Gasteiger charge is 2.33. The summed E-state index contributed by atoms with van der Waals surface area (Å²) in [6.07, 6.45) is 0.676. The van der Waals surface area contributed by atoms with Gasteiger partial charge in [0.25, 0.3) is 0 Å². The van der Waals surface area contributed by atoms with Gasteiger partial charge in [-0.2, -0.15) is 8.42 Å². The zero-order valence-electron chi connectivity index (χ0n) is 21.9. The second kappa shape index (κ2) is 12.4. The molecule has 3 N–H and O–H groups in total. The number of rotatable bonds is 11. The fraction of sp³-hybridized carbons (Fsp3) is 0.423. The van der Waals surface area contributed by atoms with Gasteiger partial charge in [0.1, 0.15) is 16.5 Å². The second-order valence-electron chi connectivity index (χ2n) is 10.3. The van der Waals surface area contributed by atoms with Crippen LogP contribution in [0.2, 0.25) is 0 Å². The van der Waals surface area contributed by atoms with Crippen molar-refractivity contribution >= 4 is 50.5 Å². The molecule has 0 aliphatic carbocycles. The zero-order chi connectivity index (χ0) is 28.1. The molecule has 3 rings (SSSR count). The smallest absolute Gasteiger partial charge is 0.357 e. The van der Waals surface area contributed by atoms with Crippen LogP contribution in [0.3, 0.4) is 0 Å². The molecule has 0 aliphatic rings. The quantitative estimate of drug-likeness (QED) is 0.155. The Morgan fingerprint density at radius 1 is 1.11 bits per heavy atom. The van der Waals surface area contributed by atoms with E-state index in [4.69, 9.17) is 14.3 Å². The molecule has 0 unspecified atom stereocenters. The normalized spacial score (nSPS) is 13.7. The second-order valence-corrected chi connectivity index (χ2v) is 13.3. The maximum absolute atomic E-state index is 13.5. The molecule has 206 valence electrons. The number of benzene rings is 1. The summed E-state index contributed by atoms with van der Waals surface area (Å²) >= 11 is 3.04. The molecule has 0 bridgehead atoms. The molecule has 0 radical (unpaired) electrons. The monoisotopic (exact) mass is 579 g/mol. The van der Waals surface area contributed by atoms with Crippen molar-refractivity contribution in [3.63, 3.8) is 0 Å². The Kier molecular flexibility index (Phi) is 9.69. The standard InChI is InChI=1S/C26H33N3O6S3/c1-16(2)13-19(25(31)35-26(3,4)5)23(30)27-20(21-15-37-24(28-21)22-7-6-12-36-22)14-17-8-10-18(11-9-17)29-38(32,33)34/h6-12,15-16,19-20,29H,13-14H2,1-5H3,(H,27,30)(H,32,33,34)/t19-,20-/m0/s1. The van der Waals surface area contributed by atoms with Gasteiger partial charge in [-0.1, -0.05) is 32.0 Å². The number of thiophene rings is 1. The third-order valence-corrected chi connectivity index (χ3v) is 7.68. The van der Waals surface area contributed by atoms with E-state index in [-0.39, 0.29) is 11.6 Å². The summed E-state index contributed by atoms with van der Waals surface area (Å²) in [5, 5.41) is 7.70. The van der Waals surface area contributed by atoms with Crippen molar-refractivity contribution in [1.29, 1.82) is 0 Å². The number of esters is 1. The Labute approximate surface area is 231 Å². The number of ether oxygens (including phenoxy) is 1. The fourth-order valence-corrected chi connectivity index (χ4v) is 5.83. The van der Waals surface area contributed by atoms with Crippen molar-refractivity contribution in [2.45, 2.75) is 59.1 Å². The van der Waals surface area contributed by atoms with Gasteiger partial charge >= 0.3 is 16.3 Å². The van der Waals surface area contributed by atoms with Gasteiger partial charge < -0.3 is 10.1 Å². The van der Waals surface area contributed by atoms with Crippen LogP contribution in [0.4, 0.5) is 5.69 Å². The number of hydrogen-bond acceptors (Lipinski definition) is 8. The number of thiazole rings is 1. The van der Waals surface area contributed by atoms with Crippen LogP contribution in [-0.4, -0.2) is 35.4 Å². The van der Waals surface area contributed by atoms with E-state index in [0.29, 0.717) is 18.5 Å². The van der Waals surface area contributed by atoms with Crippen LogP contribution in [0.5, 0.6) is 0 Å². The fourth-order valence-electron chi connectivity index (χ4n) is 3.71. The van der Waals surface area contributed by atoms with E-state index in [1.807, 2.05) is 41.5 Å². The molecule has 38 heavy (non-hydrogen) atoms. The minimum Gasteiger partial charge on any atom is -0.459 e. The molecule has 3 aromatic rings. The molecule has 0 saturated heterocycles. The van der Waals surface area contributed by atoms with Gasteiger partial charge in [0, 0.05) is 5.38 Å². The summed E-state index contributed by atoms with van der Waals surface area (Å²) in [4.78, 5) is 32.2. The van der Waals surface area contributed by atoms with E-state index in [0.717, 1.165) is 15.4 Å². The first-order valence-electron chi connectivity index (χ1n) is 12.1. The number of hydrogen-bond donors (Lipinski definition) is 3. The molecule has 0 spiro atoms. The molecule has 2 atom stereocenters. The van der Waals surface area contributed by atoms with E-state index < -0.39 is 39.7 Å². The van der Waals surface area contributed by atoms with Gasteiger partial charge in [-0.3, -0.25) is 18.9 Å². The Morgan fingerprint density at radius 3 is 2.34 bits per heavy atom. The first kappa shape index (κ1) is 29.8. The molecule has 0 fully saturated rings. The highest BCUT2D eigenvalue weighted by Crippen LogP contribution is 2.31. The highest BCUT2D eigenvalue weighted by molar-refractivity contribution is 7.87. The first-order valence-corrected chi connectivity index (χ1v) is 15.3. The number of nitrogens with zero attached hydrogens (tertiary/aromatic N) is 1. The van der Waals surface area contributed by atoms with Crippen molar-refractivity contribution in [3.05, 3.63) is 58.4 Å². The van der Waals surface area contributed by atoms with Gasteiger partial charge in [0.15, 0.2) is 0 Å². The molecule has 1 aromatic carbocycles. The lowest BCUT2D eigenvalue weighted by molar-refractivity contribution is -0.163. The van der Waals surface area contributed by atoms with Gasteiger partial charge in [-0.05, 0) is 68.7 Å². The van der Waals surface area contributed by atoms with Crippen LogP contribution in [0.15, 0.2) is 47.2 Å². The number of aromatic nitrogens is 1. The lowest BCUT2D eigenvalue weighted by Gasteiger charge is -2.26. The maximum atomic E-state index is 13.5. The summed E-state index contributed by atoms with van der Waals surface area (Å²) in [6, 6.07) is 9.79. The van der Waals surface area contributed by atoms with Crippen molar-refractivity contribution in [1.82, 2.24) is 10.3 Å². The van der Waals surface area contributed by atoms with Crippen LogP contribution < -0.4 is 10.0 Å². The van der Waals surface area contributed by atoms with Gasteiger partial charge in [0.05, 0.1) is 22.3 Å². The first-order chi connectivity index (χ1) is 17.7. The van der Waals surface area contributed by atoms with Crippen molar-refractivity contribution < 1.29 is 27.3 Å². The Balaban J connectivity index is 1.88. The lowest BCUT2D eigenvalue weighted by atomic mass is 9.95. The lowest BCUT2D eigenvalue weighted by Crippen LogP contribution is -2.41. The largest absolute Gasteiger partial charge is 0.459 e. The molecular formula is C26H33N3O6S3. The van der Waals surface area contributed by atoms with Gasteiger partial charge in [-0.25, -0.2) is 4.98 Å². The molecule has 0 aliphatic heterocycles. The number of amides is 1. The third-order valence-electron chi connectivity index (χ3n) is 5.28. The molecule has 9 nitrogen and oxygen atoms in total. The van der Waals surface area contributed by atoms with Crippen LogP contribution in [0.25, 0.3) is 9.88 Å². The average Bonchev–Trinajstić information content (AvgIpc) is 3.48. The number of anilines is 1. The van der Waals surface area contributed by atoms with Gasteiger partial charge in [-0.15, -0.1) is 22.7 Å². The molecule has 2 heterocycles. The van der Waals surface area contributed by atoms with E-state index in [9.17, 15) is 18.0 Å². The predicted molar refractivity (Wildman–Crippen MR) is 150 cm³/mol. The summed E-state index contributed by atoms with van der Waals surface area (Å²) in [5.74, 6) is -1.90. The van der Waals surface area contributed by atoms with E-state index in [1.54, 1.807) is 44.2 Å². The van der Waals surface area contributed by atoms with Crippen LogP contribution in [0.1, 0.15) is 58.3 Å². The summed E-state index contributed by atoms with van der Waals surface area (Å²) in [6.45, 7) is 9.18. The number of carbonyl (C=O) groups excluding carboxylic acids is 2. The minimum atomic E-state index is -4.39. The predicted octanol–water partition coefficient (Wildman–Crippen LogP) is 5.49. The molecule has 0 saturated carbocycles. The zero-order valence-corrected chi connectivity index (χ0v) is 24.4. The van der Waals surface area contributed by atoms with E-state index >= 15 is 0 Å². The van der Waals surface area contributed by atoms with E-state index in [2.05, 4.69) is 5.32 Å². The Morgan fingerprint density at radius 2 is 1.79 bits per heavy atom. The highest BCUT2D eigenvalue weighted by atomic mass is 32.2. The van der Waals surface area contributed by atoms with Crippen LogP contribution >= 0.6 is 22.7 Å². The third kappa shape index (κ3) is 9.19. The number of carbonyl (C=O) groups is 2. The van der Waals surface area contributed by atoms with Crippen molar-refractivity contribution in [2.75, 3.05) is 4.72 Å². The molecule has 1 amide bonds. The van der Waals surface area contributed by atoms with E-state index in [1.165, 1.54) is 23.5 Å².